The van der Waals surface area contributed by atoms with Crippen LogP contribution in [0.2, 0.25) is 0 Å². The Kier molecular flexibility index (Phi) is 7.08. The predicted octanol–water partition coefficient (Wildman–Crippen LogP) is 3.78. The topological polar surface area (TPSA) is 67.3 Å². The molecule has 2 aromatic rings. The van der Waals surface area contributed by atoms with Gasteiger partial charge in [0.2, 0.25) is 10.0 Å². The van der Waals surface area contributed by atoms with E-state index in [1.165, 1.54) is 4.31 Å². The minimum absolute atomic E-state index is 0.0631. The van der Waals surface area contributed by atoms with E-state index in [2.05, 4.69) is 11.9 Å². The Balaban J connectivity index is 2.36. The minimum Gasteiger partial charge on any atom is -0.298 e. The molecule has 0 aliphatic carbocycles. The molecule has 0 atom stereocenters. The molecule has 1 aromatic heterocycles. The summed E-state index contributed by atoms with van der Waals surface area (Å²) in [6.45, 7) is 4.18. The van der Waals surface area contributed by atoms with Crippen molar-refractivity contribution in [1.29, 1.82) is 0 Å². The molecule has 136 valence electrons. The number of Topliss-reactive ketones (excluding diaryl/α,β-unsaturated/α-hetero) is 1. The number of hydrogen-bond donors (Lipinski definition) is 0. The van der Waals surface area contributed by atoms with Gasteiger partial charge in [-0.25, -0.2) is 8.42 Å². The number of ketones is 1. The summed E-state index contributed by atoms with van der Waals surface area (Å²) in [7, 11) is -3.74. The lowest BCUT2D eigenvalue weighted by Crippen LogP contribution is -2.36. The van der Waals surface area contributed by atoms with E-state index >= 15 is 0 Å². The van der Waals surface area contributed by atoms with Crippen molar-refractivity contribution in [2.45, 2.75) is 50.8 Å². The van der Waals surface area contributed by atoms with Gasteiger partial charge in [0.15, 0.2) is 0 Å². The number of carbonyl (C=O) groups excluding carboxylic acids is 1. The van der Waals surface area contributed by atoms with Crippen molar-refractivity contribution in [3.05, 3.63) is 36.7 Å². The van der Waals surface area contributed by atoms with Crippen LogP contribution in [0.5, 0.6) is 0 Å². The number of nitrogens with zero attached hydrogens (tertiary/aromatic N) is 2. The summed E-state index contributed by atoms with van der Waals surface area (Å²) in [4.78, 5) is 16.2. The molecule has 2 rings (SSSR count). The highest BCUT2D eigenvalue weighted by Crippen LogP contribution is 2.25. The number of sulfonamides is 1. The lowest BCUT2D eigenvalue weighted by molar-refractivity contribution is -0.119. The molecule has 0 aliphatic heterocycles. The highest BCUT2D eigenvalue weighted by Gasteiger charge is 2.27. The van der Waals surface area contributed by atoms with Crippen LogP contribution in [-0.4, -0.2) is 36.6 Å². The molecule has 25 heavy (non-hydrogen) atoms. The van der Waals surface area contributed by atoms with Gasteiger partial charge in [0.25, 0.3) is 0 Å². The fraction of sp³-hybridized carbons (Fsp3) is 0.474. The Morgan fingerprint density at radius 1 is 1.12 bits per heavy atom. The minimum atomic E-state index is -3.74. The highest BCUT2D eigenvalue weighted by molar-refractivity contribution is 7.89. The predicted molar refractivity (Wildman–Crippen MR) is 99.9 cm³/mol. The van der Waals surface area contributed by atoms with E-state index in [0.717, 1.165) is 31.1 Å². The van der Waals surface area contributed by atoms with Crippen LogP contribution in [0.25, 0.3) is 10.8 Å². The van der Waals surface area contributed by atoms with Crippen LogP contribution in [0.15, 0.2) is 41.6 Å². The third-order valence-corrected chi connectivity index (χ3v) is 6.17. The van der Waals surface area contributed by atoms with Crippen LogP contribution in [0, 0.1) is 0 Å². The van der Waals surface area contributed by atoms with Crippen LogP contribution in [-0.2, 0) is 14.8 Å². The molecule has 6 heteroatoms. The van der Waals surface area contributed by atoms with E-state index in [4.69, 9.17) is 0 Å². The molecule has 0 saturated heterocycles. The average Bonchev–Trinajstić information content (AvgIpc) is 2.63. The van der Waals surface area contributed by atoms with Gasteiger partial charge in [-0.1, -0.05) is 45.2 Å². The van der Waals surface area contributed by atoms with Crippen LogP contribution in [0.4, 0.5) is 0 Å². The second-order valence-corrected chi connectivity index (χ2v) is 8.05. The quantitative estimate of drug-likeness (QED) is 0.603. The van der Waals surface area contributed by atoms with Crippen LogP contribution < -0.4 is 0 Å². The second kappa shape index (κ2) is 9.06. The first kappa shape index (κ1) is 19.5. The summed E-state index contributed by atoms with van der Waals surface area (Å²) < 4.78 is 27.8. The van der Waals surface area contributed by atoms with Crippen molar-refractivity contribution in [3.8, 4) is 0 Å². The van der Waals surface area contributed by atoms with E-state index in [1.807, 2.05) is 6.07 Å². The Hall–Kier alpha value is -1.79. The number of pyridine rings is 1. The first-order valence-corrected chi connectivity index (χ1v) is 10.3. The van der Waals surface area contributed by atoms with Crippen molar-refractivity contribution in [3.63, 3.8) is 0 Å². The monoisotopic (exact) mass is 362 g/mol. The molecule has 0 N–H and O–H groups in total. The maximum absolute atomic E-state index is 13.2. The molecule has 0 spiro atoms. The number of carbonyl (C=O) groups is 1. The van der Waals surface area contributed by atoms with Gasteiger partial charge in [0.05, 0.1) is 11.4 Å². The molecule has 1 aromatic carbocycles. The molecule has 0 aliphatic rings. The number of fused-ring (bicyclic) bond motifs is 1. The molecular formula is C19H26N2O3S. The summed E-state index contributed by atoms with van der Waals surface area (Å²) >= 11 is 0. The zero-order valence-corrected chi connectivity index (χ0v) is 15.8. The molecule has 0 amide bonds. The van der Waals surface area contributed by atoms with Gasteiger partial charge in [-0.2, -0.15) is 4.31 Å². The Labute approximate surface area is 150 Å². The van der Waals surface area contributed by atoms with E-state index in [9.17, 15) is 13.2 Å². The first-order valence-electron chi connectivity index (χ1n) is 8.85. The maximum Gasteiger partial charge on any atom is 0.244 e. The van der Waals surface area contributed by atoms with Crippen molar-refractivity contribution < 1.29 is 13.2 Å². The fourth-order valence-electron chi connectivity index (χ4n) is 2.76. The number of aromatic nitrogens is 1. The molecular weight excluding hydrogens is 336 g/mol. The van der Waals surface area contributed by atoms with Gasteiger partial charge in [0.1, 0.15) is 5.78 Å². The smallest absolute Gasteiger partial charge is 0.244 e. The second-order valence-electron chi connectivity index (χ2n) is 6.14. The lowest BCUT2D eigenvalue weighted by atomic mass is 10.2. The number of benzene rings is 1. The summed E-state index contributed by atoms with van der Waals surface area (Å²) in [6.07, 6.45) is 7.44. The number of hydrogen-bond acceptors (Lipinski definition) is 4. The van der Waals surface area contributed by atoms with Crippen LogP contribution >= 0.6 is 0 Å². The van der Waals surface area contributed by atoms with Crippen molar-refractivity contribution in [1.82, 2.24) is 9.29 Å². The molecule has 0 saturated carbocycles. The first-order chi connectivity index (χ1) is 12.0. The average molecular weight is 362 g/mol. The SMILES string of the molecule is CCCCCCN(CC(=O)CC)S(=O)(=O)c1cccc2cnccc12. The van der Waals surface area contributed by atoms with Crippen molar-refractivity contribution >= 4 is 26.6 Å². The molecule has 0 radical (unpaired) electrons. The standard InChI is InChI=1S/C19H26N2O3S/c1-3-5-6-7-13-21(15-17(22)4-2)25(23,24)19-10-8-9-16-14-20-12-11-18(16)19/h8-12,14H,3-7,13,15H2,1-2H3. The zero-order valence-electron chi connectivity index (χ0n) is 14.9. The molecule has 0 fully saturated rings. The normalized spacial score (nSPS) is 12.0. The maximum atomic E-state index is 13.2. The zero-order chi connectivity index (χ0) is 18.3. The van der Waals surface area contributed by atoms with E-state index in [-0.39, 0.29) is 17.2 Å². The van der Waals surface area contributed by atoms with Crippen LogP contribution in [0.3, 0.4) is 0 Å². The lowest BCUT2D eigenvalue weighted by Gasteiger charge is -2.22. The van der Waals surface area contributed by atoms with E-state index < -0.39 is 10.0 Å². The number of unbranched alkanes of at least 4 members (excludes halogenated alkanes) is 3. The summed E-state index contributed by atoms with van der Waals surface area (Å²) in [6, 6.07) is 6.87. The Morgan fingerprint density at radius 3 is 2.64 bits per heavy atom. The van der Waals surface area contributed by atoms with Gasteiger partial charge < -0.3 is 0 Å². The van der Waals surface area contributed by atoms with Gasteiger partial charge in [-0.15, -0.1) is 0 Å². The Morgan fingerprint density at radius 2 is 1.92 bits per heavy atom. The number of rotatable bonds is 10. The summed E-state index contributed by atoms with van der Waals surface area (Å²) in [5.41, 5.74) is 0. The van der Waals surface area contributed by atoms with E-state index in [0.29, 0.717) is 18.4 Å². The van der Waals surface area contributed by atoms with Crippen LogP contribution in [0.1, 0.15) is 46.0 Å². The van der Waals surface area contributed by atoms with Crippen molar-refractivity contribution in [2.24, 2.45) is 0 Å². The largest absolute Gasteiger partial charge is 0.298 e. The summed E-state index contributed by atoms with van der Waals surface area (Å²) in [5, 5.41) is 1.41. The van der Waals surface area contributed by atoms with Gasteiger partial charge in [-0.05, 0) is 18.6 Å². The molecule has 1 heterocycles. The Bertz CT molecular complexity index is 813. The molecule has 0 bridgehead atoms. The molecule has 0 unspecified atom stereocenters. The highest BCUT2D eigenvalue weighted by atomic mass is 32.2. The third kappa shape index (κ3) is 4.86. The fourth-order valence-corrected chi connectivity index (χ4v) is 4.44. The third-order valence-electron chi connectivity index (χ3n) is 4.27. The molecule has 5 nitrogen and oxygen atoms in total. The summed E-state index contributed by atoms with van der Waals surface area (Å²) in [5.74, 6) is -0.0685. The van der Waals surface area contributed by atoms with E-state index in [1.54, 1.807) is 37.5 Å². The van der Waals surface area contributed by atoms with Gasteiger partial charge >= 0.3 is 0 Å². The van der Waals surface area contributed by atoms with Crippen molar-refractivity contribution in [2.75, 3.05) is 13.1 Å². The van der Waals surface area contributed by atoms with Gasteiger partial charge in [-0.3, -0.25) is 9.78 Å². The van der Waals surface area contributed by atoms with Gasteiger partial charge in [0, 0.05) is 36.1 Å².